The third-order valence-corrected chi connectivity index (χ3v) is 4.82. The van der Waals surface area contributed by atoms with E-state index >= 15 is 0 Å². The second-order valence-electron chi connectivity index (χ2n) is 6.23. The Morgan fingerprint density at radius 3 is 2.61 bits per heavy atom. The summed E-state index contributed by atoms with van der Waals surface area (Å²) in [5, 5.41) is 8.62. The predicted octanol–water partition coefficient (Wildman–Crippen LogP) is 4.25. The van der Waals surface area contributed by atoms with Crippen molar-refractivity contribution in [3.63, 3.8) is 0 Å². The van der Waals surface area contributed by atoms with Crippen LogP contribution in [-0.4, -0.2) is 20.1 Å². The Kier molecular flexibility index (Phi) is 4.37. The fourth-order valence-electron chi connectivity index (χ4n) is 3.36. The fraction of sp³-hybridized carbons (Fsp3) is 0.350. The Bertz CT molecular complexity index is 721. The first-order valence-electron chi connectivity index (χ1n) is 8.37. The lowest BCUT2D eigenvalue weighted by atomic mass is 10.1. The van der Waals surface area contributed by atoms with E-state index in [2.05, 4.69) is 49.4 Å². The van der Waals surface area contributed by atoms with Gasteiger partial charge in [0.2, 0.25) is 5.96 Å². The number of nitrogens with zero attached hydrogens (tertiary/aromatic N) is 2. The predicted molar refractivity (Wildman–Crippen MR) is 98.8 cm³/mol. The first-order valence-corrected chi connectivity index (χ1v) is 8.37. The molecule has 0 bridgehead atoms. The van der Waals surface area contributed by atoms with Crippen molar-refractivity contribution in [2.45, 2.75) is 32.6 Å². The number of guanidine groups is 1. The summed E-state index contributed by atoms with van der Waals surface area (Å²) in [6.07, 6.45) is 4.52. The minimum Gasteiger partial charge on any atom is -0.316 e. The maximum Gasteiger partial charge on any atom is 0.202 e. The molecule has 120 valence electrons. The Balaban J connectivity index is 1.86. The summed E-state index contributed by atoms with van der Waals surface area (Å²) in [5.41, 5.74) is 6.39. The van der Waals surface area contributed by atoms with Crippen LogP contribution < -0.4 is 9.80 Å². The lowest BCUT2D eigenvalue weighted by Gasteiger charge is -2.29. The van der Waals surface area contributed by atoms with Gasteiger partial charge in [0.1, 0.15) is 0 Å². The van der Waals surface area contributed by atoms with Gasteiger partial charge < -0.3 is 9.80 Å². The van der Waals surface area contributed by atoms with E-state index in [1.807, 2.05) is 23.9 Å². The first-order chi connectivity index (χ1) is 11.1. The molecule has 1 N–H and O–H groups in total. The standard InChI is InChI=1S/C20H25N3/c1-4-15-8-5-11-17(14-15)22(2)20(21)23(3)19-13-7-10-16-9-6-12-18(16)19/h5,7-8,10-11,13-14,21H,4,6,9,12H2,1-3H3. The summed E-state index contributed by atoms with van der Waals surface area (Å²) in [7, 11) is 3.97. The molecule has 0 saturated heterocycles. The summed E-state index contributed by atoms with van der Waals surface area (Å²) in [6.45, 7) is 2.16. The van der Waals surface area contributed by atoms with E-state index in [1.165, 1.54) is 35.2 Å². The number of anilines is 2. The second kappa shape index (κ2) is 6.45. The Labute approximate surface area is 139 Å². The monoisotopic (exact) mass is 307 g/mol. The summed E-state index contributed by atoms with van der Waals surface area (Å²) < 4.78 is 0. The van der Waals surface area contributed by atoms with E-state index in [0.29, 0.717) is 5.96 Å². The van der Waals surface area contributed by atoms with Crippen molar-refractivity contribution in [3.8, 4) is 0 Å². The number of hydrogen-bond donors (Lipinski definition) is 1. The molecule has 1 aliphatic carbocycles. The molecule has 0 unspecified atom stereocenters. The molecular weight excluding hydrogens is 282 g/mol. The average molecular weight is 307 g/mol. The van der Waals surface area contributed by atoms with Crippen LogP contribution in [-0.2, 0) is 19.3 Å². The molecular formula is C20H25N3. The van der Waals surface area contributed by atoms with E-state index in [1.54, 1.807) is 0 Å². The van der Waals surface area contributed by atoms with Gasteiger partial charge in [0.15, 0.2) is 0 Å². The minimum atomic E-state index is 0.499. The van der Waals surface area contributed by atoms with Crippen LogP contribution in [0.15, 0.2) is 42.5 Å². The zero-order valence-electron chi connectivity index (χ0n) is 14.3. The van der Waals surface area contributed by atoms with E-state index in [9.17, 15) is 0 Å². The lowest BCUT2D eigenvalue weighted by Crippen LogP contribution is -2.40. The van der Waals surface area contributed by atoms with Crippen molar-refractivity contribution in [2.75, 3.05) is 23.9 Å². The SMILES string of the molecule is CCc1cccc(N(C)C(=N)N(C)c2cccc3c2CCC3)c1. The topological polar surface area (TPSA) is 30.3 Å². The molecule has 2 aromatic rings. The van der Waals surface area contributed by atoms with Gasteiger partial charge in [-0.15, -0.1) is 0 Å². The molecule has 0 amide bonds. The highest BCUT2D eigenvalue weighted by Crippen LogP contribution is 2.31. The van der Waals surface area contributed by atoms with Gasteiger partial charge in [0, 0.05) is 25.5 Å². The van der Waals surface area contributed by atoms with Crippen LogP contribution >= 0.6 is 0 Å². The van der Waals surface area contributed by atoms with Crippen LogP contribution in [0.2, 0.25) is 0 Å². The molecule has 2 aromatic carbocycles. The number of benzene rings is 2. The van der Waals surface area contributed by atoms with Crippen molar-refractivity contribution in [3.05, 3.63) is 59.2 Å². The van der Waals surface area contributed by atoms with E-state index < -0.39 is 0 Å². The normalized spacial score (nSPS) is 12.8. The quantitative estimate of drug-likeness (QED) is 0.679. The molecule has 3 nitrogen and oxygen atoms in total. The molecule has 0 aromatic heterocycles. The maximum absolute atomic E-state index is 8.62. The maximum atomic E-state index is 8.62. The molecule has 23 heavy (non-hydrogen) atoms. The van der Waals surface area contributed by atoms with Gasteiger partial charge >= 0.3 is 0 Å². The Morgan fingerprint density at radius 1 is 1.04 bits per heavy atom. The van der Waals surface area contributed by atoms with E-state index in [0.717, 1.165) is 18.5 Å². The molecule has 0 saturated carbocycles. The molecule has 0 fully saturated rings. The molecule has 0 aliphatic heterocycles. The highest BCUT2D eigenvalue weighted by molar-refractivity contribution is 6.05. The van der Waals surface area contributed by atoms with Crippen molar-refractivity contribution in [2.24, 2.45) is 0 Å². The Morgan fingerprint density at radius 2 is 1.83 bits per heavy atom. The van der Waals surface area contributed by atoms with Gasteiger partial charge in [-0.25, -0.2) is 0 Å². The summed E-state index contributed by atoms with van der Waals surface area (Å²) in [4.78, 5) is 3.95. The molecule has 0 spiro atoms. The molecule has 0 radical (unpaired) electrons. The zero-order chi connectivity index (χ0) is 16.4. The lowest BCUT2D eigenvalue weighted by molar-refractivity contribution is 0.910. The second-order valence-corrected chi connectivity index (χ2v) is 6.23. The largest absolute Gasteiger partial charge is 0.316 e. The molecule has 1 aliphatic rings. The fourth-order valence-corrected chi connectivity index (χ4v) is 3.36. The van der Waals surface area contributed by atoms with Crippen LogP contribution in [0.5, 0.6) is 0 Å². The van der Waals surface area contributed by atoms with Gasteiger partial charge in [0.05, 0.1) is 0 Å². The first kappa shape index (κ1) is 15.6. The number of hydrogen-bond acceptors (Lipinski definition) is 1. The van der Waals surface area contributed by atoms with Gasteiger partial charge in [-0.2, -0.15) is 0 Å². The van der Waals surface area contributed by atoms with E-state index in [-0.39, 0.29) is 0 Å². The van der Waals surface area contributed by atoms with Crippen LogP contribution in [0.3, 0.4) is 0 Å². The van der Waals surface area contributed by atoms with Gasteiger partial charge in [-0.3, -0.25) is 5.41 Å². The number of aryl methyl sites for hydroxylation is 2. The Hall–Kier alpha value is -2.29. The number of rotatable bonds is 3. The van der Waals surface area contributed by atoms with Crippen LogP contribution in [0.4, 0.5) is 11.4 Å². The number of nitrogens with one attached hydrogen (secondary N) is 1. The third-order valence-electron chi connectivity index (χ3n) is 4.82. The van der Waals surface area contributed by atoms with E-state index in [4.69, 9.17) is 5.41 Å². The smallest absolute Gasteiger partial charge is 0.202 e. The van der Waals surface area contributed by atoms with Crippen LogP contribution in [0.1, 0.15) is 30.0 Å². The average Bonchev–Trinajstić information content (AvgIpc) is 3.08. The van der Waals surface area contributed by atoms with Gasteiger partial charge in [0.25, 0.3) is 0 Å². The van der Waals surface area contributed by atoms with Crippen molar-refractivity contribution >= 4 is 17.3 Å². The van der Waals surface area contributed by atoms with Gasteiger partial charge in [-0.1, -0.05) is 31.2 Å². The zero-order valence-corrected chi connectivity index (χ0v) is 14.3. The molecule has 3 rings (SSSR count). The molecule has 3 heteroatoms. The van der Waals surface area contributed by atoms with Crippen LogP contribution in [0, 0.1) is 5.41 Å². The highest BCUT2D eigenvalue weighted by Gasteiger charge is 2.20. The number of fused-ring (bicyclic) bond motifs is 1. The molecule has 0 heterocycles. The third kappa shape index (κ3) is 2.96. The van der Waals surface area contributed by atoms with Crippen LogP contribution in [0.25, 0.3) is 0 Å². The molecule has 0 atom stereocenters. The summed E-state index contributed by atoms with van der Waals surface area (Å²) in [5.74, 6) is 0.499. The summed E-state index contributed by atoms with van der Waals surface area (Å²) >= 11 is 0. The highest BCUT2D eigenvalue weighted by atomic mass is 15.3. The van der Waals surface area contributed by atoms with Crippen molar-refractivity contribution in [1.82, 2.24) is 0 Å². The van der Waals surface area contributed by atoms with Gasteiger partial charge in [-0.05, 0) is 60.6 Å². The van der Waals surface area contributed by atoms with Crippen molar-refractivity contribution < 1.29 is 0 Å². The summed E-state index contributed by atoms with van der Waals surface area (Å²) in [6, 6.07) is 14.9. The minimum absolute atomic E-state index is 0.499. The van der Waals surface area contributed by atoms with Crippen molar-refractivity contribution in [1.29, 1.82) is 5.41 Å².